The van der Waals surface area contributed by atoms with E-state index < -0.39 is 0 Å². The van der Waals surface area contributed by atoms with E-state index >= 15 is 0 Å². The Kier molecular flexibility index (Phi) is 4.93. The second-order valence-electron chi connectivity index (χ2n) is 0.997. The molecule has 1 aromatic heterocycles. The molecule has 0 aliphatic rings. The van der Waals surface area contributed by atoms with Crippen LogP contribution in [0.15, 0.2) is 6.20 Å². The topological polar surface area (TPSA) is 12.9 Å². The van der Waals surface area contributed by atoms with E-state index in [4.69, 9.17) is 0 Å². The number of hydrogen-bond donors (Lipinski definition) is 0. The zero-order valence-corrected chi connectivity index (χ0v) is 8.37. The summed E-state index contributed by atoms with van der Waals surface area (Å²) in [6.07, 6.45) is 1.68. The quantitative estimate of drug-likeness (QED) is 0.305. The Labute approximate surface area is 89.6 Å². The van der Waals surface area contributed by atoms with Gasteiger partial charge in [0, 0.05) is 0 Å². The van der Waals surface area contributed by atoms with Gasteiger partial charge in [-0.1, -0.05) is 18.1 Å². The van der Waals surface area contributed by atoms with Gasteiger partial charge in [0.05, 0.1) is 0 Å². The number of nitrogens with zero attached hydrogens (tertiary/aromatic N) is 1. The van der Waals surface area contributed by atoms with Crippen molar-refractivity contribution in [1.29, 1.82) is 0 Å². The fraction of sp³-hybridized carbons (Fsp3) is 0.250. The van der Waals surface area contributed by atoms with Crippen molar-refractivity contribution in [1.82, 2.24) is 4.98 Å². The molecule has 1 nitrogen and oxygen atoms in total. The summed E-state index contributed by atoms with van der Waals surface area (Å²) in [6, 6.07) is 0. The fourth-order valence-electron chi connectivity index (χ4n) is 0.255. The molecule has 0 spiro atoms. The van der Waals surface area contributed by atoms with E-state index in [1.807, 2.05) is 6.92 Å². The Morgan fingerprint density at radius 1 is 1.86 bits per heavy atom. The number of aromatic nitrogens is 1. The number of rotatable bonds is 0. The van der Waals surface area contributed by atoms with Crippen LogP contribution >= 0.6 is 11.3 Å². The minimum absolute atomic E-state index is 0. The molecule has 32 valence electrons. The van der Waals surface area contributed by atoms with Gasteiger partial charge < -0.3 is 16.3 Å². The van der Waals surface area contributed by atoms with Gasteiger partial charge in [-0.05, 0) is 0 Å². The number of thiazole rings is 1. The molecule has 1 heterocycles. The first-order valence-corrected chi connectivity index (χ1v) is 2.50. The summed E-state index contributed by atoms with van der Waals surface area (Å²) in [5, 5.41) is 3.94. The van der Waals surface area contributed by atoms with Crippen molar-refractivity contribution in [2.24, 2.45) is 0 Å². The standard InChI is InChI=1S/C4H4NS.K/c1-4-5-2-3-6-4;/h2H,1H3;/q-1;+1. The third-order valence-electron chi connectivity index (χ3n) is 0.506. The Morgan fingerprint density at radius 3 is 2.71 bits per heavy atom. The molecule has 0 aliphatic heterocycles. The molecule has 0 aliphatic carbocycles. The largest absolute Gasteiger partial charge is 1.00 e. The van der Waals surface area contributed by atoms with Crippen LogP contribution in [0.5, 0.6) is 0 Å². The summed E-state index contributed by atoms with van der Waals surface area (Å²) in [5.41, 5.74) is 0. The fourth-order valence-corrected chi connectivity index (χ4v) is 0.637. The molecular formula is C4H4KNS. The molecule has 7 heavy (non-hydrogen) atoms. The van der Waals surface area contributed by atoms with E-state index in [-0.39, 0.29) is 51.4 Å². The van der Waals surface area contributed by atoms with Gasteiger partial charge in [-0.25, -0.2) is 0 Å². The Hall–Kier alpha value is 1.27. The molecule has 0 atom stereocenters. The minimum Gasteiger partial charge on any atom is -0.365 e. The SMILES string of the molecule is Cc1nc[c-]s1.[K+]. The third-order valence-corrected chi connectivity index (χ3v) is 1.13. The molecule has 1 rings (SSSR count). The van der Waals surface area contributed by atoms with E-state index in [1.165, 1.54) is 0 Å². The van der Waals surface area contributed by atoms with E-state index in [0.717, 1.165) is 5.01 Å². The van der Waals surface area contributed by atoms with Gasteiger partial charge in [-0.2, -0.15) is 5.38 Å². The van der Waals surface area contributed by atoms with Gasteiger partial charge >= 0.3 is 51.4 Å². The van der Waals surface area contributed by atoms with Crippen molar-refractivity contribution < 1.29 is 51.4 Å². The third kappa shape index (κ3) is 2.95. The molecule has 0 saturated heterocycles. The monoisotopic (exact) mass is 137 g/mol. The molecular weight excluding hydrogens is 133 g/mol. The van der Waals surface area contributed by atoms with Crippen LogP contribution in [-0.2, 0) is 0 Å². The van der Waals surface area contributed by atoms with Crippen molar-refractivity contribution in [2.75, 3.05) is 0 Å². The van der Waals surface area contributed by atoms with Crippen LogP contribution in [0.1, 0.15) is 5.01 Å². The Bertz CT molecular complexity index is 115. The average molecular weight is 137 g/mol. The summed E-state index contributed by atoms with van der Waals surface area (Å²) in [4.78, 5) is 3.88. The predicted molar refractivity (Wildman–Crippen MR) is 25.7 cm³/mol. The van der Waals surface area contributed by atoms with E-state index in [2.05, 4.69) is 10.4 Å². The molecule has 0 saturated carbocycles. The van der Waals surface area contributed by atoms with Crippen LogP contribution in [0.3, 0.4) is 0 Å². The number of aryl methyl sites for hydroxylation is 1. The second-order valence-corrected chi connectivity index (χ2v) is 2.03. The molecule has 1 aromatic rings. The second kappa shape index (κ2) is 4.18. The van der Waals surface area contributed by atoms with Crippen molar-refractivity contribution >= 4 is 11.3 Å². The summed E-state index contributed by atoms with van der Waals surface area (Å²) in [6.45, 7) is 1.96. The summed E-state index contributed by atoms with van der Waals surface area (Å²) < 4.78 is 0. The predicted octanol–water partition coefficient (Wildman–Crippen LogP) is -1.74. The smallest absolute Gasteiger partial charge is 0.365 e. The maximum atomic E-state index is 3.88. The molecule has 0 fully saturated rings. The van der Waals surface area contributed by atoms with Crippen molar-refractivity contribution in [3.63, 3.8) is 0 Å². The van der Waals surface area contributed by atoms with Crippen LogP contribution in [0.4, 0.5) is 0 Å². The van der Waals surface area contributed by atoms with Gasteiger partial charge in [-0.15, -0.1) is 0 Å². The van der Waals surface area contributed by atoms with Crippen molar-refractivity contribution in [2.45, 2.75) is 6.92 Å². The molecule has 0 aromatic carbocycles. The normalized spacial score (nSPS) is 7.57. The van der Waals surface area contributed by atoms with Crippen LogP contribution in [0.2, 0.25) is 0 Å². The van der Waals surface area contributed by atoms with Gasteiger partial charge in [-0.3, -0.25) is 0 Å². The zero-order chi connectivity index (χ0) is 4.41. The van der Waals surface area contributed by atoms with E-state index in [9.17, 15) is 0 Å². The van der Waals surface area contributed by atoms with Gasteiger partial charge in [0.1, 0.15) is 0 Å². The molecule has 0 bridgehead atoms. The van der Waals surface area contributed by atoms with Gasteiger partial charge in [0.2, 0.25) is 0 Å². The van der Waals surface area contributed by atoms with Crippen LogP contribution < -0.4 is 51.4 Å². The maximum Gasteiger partial charge on any atom is 1.00 e. The van der Waals surface area contributed by atoms with Gasteiger partial charge in [0.25, 0.3) is 0 Å². The Balaban J connectivity index is 0.000000360. The van der Waals surface area contributed by atoms with E-state index in [0.29, 0.717) is 0 Å². The first-order chi connectivity index (χ1) is 2.89. The molecule has 0 radical (unpaired) electrons. The van der Waals surface area contributed by atoms with Crippen molar-refractivity contribution in [3.8, 4) is 0 Å². The molecule has 0 N–H and O–H groups in total. The van der Waals surface area contributed by atoms with Crippen LogP contribution in [0.25, 0.3) is 0 Å². The molecule has 0 amide bonds. The summed E-state index contributed by atoms with van der Waals surface area (Å²) in [5.74, 6) is 0. The first-order valence-electron chi connectivity index (χ1n) is 1.68. The van der Waals surface area contributed by atoms with Crippen LogP contribution in [-0.4, -0.2) is 4.98 Å². The Morgan fingerprint density at radius 2 is 2.57 bits per heavy atom. The zero-order valence-electron chi connectivity index (χ0n) is 4.43. The molecule has 0 unspecified atom stereocenters. The van der Waals surface area contributed by atoms with Crippen LogP contribution in [0, 0.1) is 12.3 Å². The van der Waals surface area contributed by atoms with Gasteiger partial charge in [0.15, 0.2) is 0 Å². The van der Waals surface area contributed by atoms with Crippen molar-refractivity contribution in [3.05, 3.63) is 16.6 Å². The minimum atomic E-state index is 0. The average Bonchev–Trinajstić information content (AvgIpc) is 1.86. The first kappa shape index (κ1) is 8.27. The summed E-state index contributed by atoms with van der Waals surface area (Å²) in [7, 11) is 0. The maximum absolute atomic E-state index is 3.88. The number of hydrogen-bond acceptors (Lipinski definition) is 2. The molecule has 3 heteroatoms. The van der Waals surface area contributed by atoms with E-state index in [1.54, 1.807) is 17.5 Å². The summed E-state index contributed by atoms with van der Waals surface area (Å²) >= 11 is 1.54.